The van der Waals surface area contributed by atoms with Gasteiger partial charge in [-0.1, -0.05) is 6.07 Å². The van der Waals surface area contributed by atoms with Gasteiger partial charge in [0, 0.05) is 0 Å². The normalized spacial score (nSPS) is 17.2. The van der Waals surface area contributed by atoms with Gasteiger partial charge in [0.2, 0.25) is 0 Å². The molecule has 0 amide bonds. The van der Waals surface area contributed by atoms with Crippen LogP contribution >= 0.6 is 15.9 Å². The lowest BCUT2D eigenvalue weighted by atomic mass is 10.1. The molecular weight excluding hydrogens is 319 g/mol. The SMILES string of the molecule is CC(F)C(N[S@](=O)C(C)(C)C)c1cccc(Br)n1. The average molecular weight is 337 g/mol. The zero-order valence-electron chi connectivity index (χ0n) is 10.9. The maximum atomic E-state index is 13.7. The van der Waals surface area contributed by atoms with Crippen molar-refractivity contribution in [3.63, 3.8) is 0 Å². The van der Waals surface area contributed by atoms with Crippen molar-refractivity contribution >= 4 is 26.9 Å². The highest BCUT2D eigenvalue weighted by Gasteiger charge is 2.27. The fourth-order valence-electron chi connectivity index (χ4n) is 1.28. The fourth-order valence-corrected chi connectivity index (χ4v) is 2.53. The second-order valence-electron chi connectivity index (χ2n) is 5.04. The van der Waals surface area contributed by atoms with Gasteiger partial charge in [-0.05, 0) is 55.8 Å². The van der Waals surface area contributed by atoms with Crippen molar-refractivity contribution in [1.29, 1.82) is 0 Å². The molecule has 0 aliphatic carbocycles. The summed E-state index contributed by atoms with van der Waals surface area (Å²) in [5.74, 6) is 0. The smallest absolute Gasteiger partial charge is 0.119 e. The Hall–Kier alpha value is -0.330. The Bertz CT molecular complexity index is 434. The van der Waals surface area contributed by atoms with Crippen LogP contribution in [0.15, 0.2) is 22.8 Å². The molecule has 0 spiro atoms. The highest BCUT2D eigenvalue weighted by atomic mass is 79.9. The van der Waals surface area contributed by atoms with Crippen LogP contribution in [0.2, 0.25) is 0 Å². The molecule has 0 aliphatic rings. The molecule has 0 aliphatic heterocycles. The molecule has 1 aromatic heterocycles. The molecule has 1 rings (SSSR count). The van der Waals surface area contributed by atoms with Gasteiger partial charge in [-0.2, -0.15) is 0 Å². The summed E-state index contributed by atoms with van der Waals surface area (Å²) in [7, 11) is -1.34. The minimum atomic E-state index is -1.34. The quantitative estimate of drug-likeness (QED) is 0.857. The number of halogens is 2. The molecule has 6 heteroatoms. The third-order valence-electron chi connectivity index (χ3n) is 2.30. The number of nitrogens with one attached hydrogen (secondary N) is 1. The van der Waals surface area contributed by atoms with Crippen LogP contribution in [0, 0.1) is 0 Å². The summed E-state index contributed by atoms with van der Waals surface area (Å²) in [6.45, 7) is 6.94. The van der Waals surface area contributed by atoms with Crippen molar-refractivity contribution in [3.8, 4) is 0 Å². The Balaban J connectivity index is 2.95. The van der Waals surface area contributed by atoms with E-state index in [0.717, 1.165) is 0 Å². The zero-order chi connectivity index (χ0) is 13.9. The van der Waals surface area contributed by atoms with E-state index in [1.165, 1.54) is 6.92 Å². The van der Waals surface area contributed by atoms with E-state index in [4.69, 9.17) is 0 Å². The lowest BCUT2D eigenvalue weighted by Gasteiger charge is -2.24. The third kappa shape index (κ3) is 4.40. The predicted molar refractivity (Wildman–Crippen MR) is 76.3 cm³/mol. The monoisotopic (exact) mass is 336 g/mol. The van der Waals surface area contributed by atoms with Crippen LogP contribution in [0.4, 0.5) is 4.39 Å². The first kappa shape index (κ1) is 15.7. The average Bonchev–Trinajstić information content (AvgIpc) is 2.23. The van der Waals surface area contributed by atoms with E-state index in [-0.39, 0.29) is 0 Å². The standard InChI is InChI=1S/C12H18BrFN2OS/c1-8(14)11(16-18(17)12(2,3)4)9-6-5-7-10(13)15-9/h5-8,11,16H,1-4H3/t8?,11?,18-/m1/s1. The Morgan fingerprint density at radius 2 is 2.06 bits per heavy atom. The van der Waals surface area contributed by atoms with Gasteiger partial charge in [0.15, 0.2) is 0 Å². The predicted octanol–water partition coefficient (Wildman–Crippen LogP) is 3.30. The third-order valence-corrected chi connectivity index (χ3v) is 4.33. The lowest BCUT2D eigenvalue weighted by Crippen LogP contribution is -2.38. The van der Waals surface area contributed by atoms with Gasteiger partial charge >= 0.3 is 0 Å². The lowest BCUT2D eigenvalue weighted by molar-refractivity contribution is 0.292. The van der Waals surface area contributed by atoms with Gasteiger partial charge in [-0.25, -0.2) is 18.3 Å². The minimum absolute atomic E-state index is 0.445. The van der Waals surface area contributed by atoms with Crippen LogP contribution in [-0.2, 0) is 11.0 Å². The zero-order valence-corrected chi connectivity index (χ0v) is 13.3. The van der Waals surface area contributed by atoms with Gasteiger partial charge in [-0.3, -0.25) is 0 Å². The van der Waals surface area contributed by atoms with Gasteiger partial charge < -0.3 is 0 Å². The summed E-state index contributed by atoms with van der Waals surface area (Å²) in [4.78, 5) is 4.21. The molecular formula is C12H18BrFN2OS. The van der Waals surface area contributed by atoms with Crippen molar-refractivity contribution in [1.82, 2.24) is 9.71 Å². The van der Waals surface area contributed by atoms with E-state index in [2.05, 4.69) is 25.6 Å². The van der Waals surface area contributed by atoms with Gasteiger partial charge in [0.1, 0.15) is 10.8 Å². The van der Waals surface area contributed by atoms with Crippen LogP contribution in [-0.4, -0.2) is 20.1 Å². The van der Waals surface area contributed by atoms with E-state index in [1.54, 1.807) is 18.2 Å². The first-order valence-corrected chi connectivity index (χ1v) is 7.60. The van der Waals surface area contributed by atoms with Crippen LogP contribution in [0.3, 0.4) is 0 Å². The molecule has 2 unspecified atom stereocenters. The van der Waals surface area contributed by atoms with E-state index in [1.807, 2.05) is 20.8 Å². The number of aromatic nitrogens is 1. The molecule has 3 nitrogen and oxygen atoms in total. The van der Waals surface area contributed by atoms with Crippen molar-refractivity contribution in [2.45, 2.75) is 44.7 Å². The second-order valence-corrected chi connectivity index (χ2v) is 7.85. The van der Waals surface area contributed by atoms with Crippen molar-refractivity contribution in [3.05, 3.63) is 28.5 Å². The number of rotatable bonds is 4. The van der Waals surface area contributed by atoms with Crippen molar-refractivity contribution in [2.24, 2.45) is 0 Å². The summed E-state index contributed by atoms with van der Waals surface area (Å²) in [5.41, 5.74) is 0.539. The van der Waals surface area contributed by atoms with Crippen LogP contribution in [0.5, 0.6) is 0 Å². The molecule has 0 saturated carbocycles. The molecule has 1 aromatic rings. The maximum absolute atomic E-state index is 13.7. The second kappa shape index (κ2) is 6.21. The van der Waals surface area contributed by atoms with E-state index in [0.29, 0.717) is 10.3 Å². The van der Waals surface area contributed by atoms with Crippen LogP contribution in [0.1, 0.15) is 39.4 Å². The maximum Gasteiger partial charge on any atom is 0.119 e. The Kier molecular flexibility index (Phi) is 5.43. The molecule has 18 heavy (non-hydrogen) atoms. The Morgan fingerprint density at radius 3 is 2.50 bits per heavy atom. The summed E-state index contributed by atoms with van der Waals surface area (Å²) in [6.07, 6.45) is -1.18. The van der Waals surface area contributed by atoms with Crippen molar-refractivity contribution < 1.29 is 8.60 Å². The highest BCUT2D eigenvalue weighted by Crippen LogP contribution is 2.22. The van der Waals surface area contributed by atoms with Crippen molar-refractivity contribution in [2.75, 3.05) is 0 Å². The molecule has 0 bridgehead atoms. The molecule has 1 N–H and O–H groups in total. The number of nitrogens with zero attached hydrogens (tertiary/aromatic N) is 1. The van der Waals surface area contributed by atoms with Crippen LogP contribution < -0.4 is 4.72 Å². The molecule has 102 valence electrons. The Labute approximate surface area is 118 Å². The van der Waals surface area contributed by atoms with Gasteiger partial charge in [0.05, 0.1) is 27.5 Å². The van der Waals surface area contributed by atoms with Crippen LogP contribution in [0.25, 0.3) is 0 Å². The molecule has 0 radical (unpaired) electrons. The molecule has 0 saturated heterocycles. The minimum Gasteiger partial charge on any atom is -0.246 e. The highest BCUT2D eigenvalue weighted by molar-refractivity contribution is 9.10. The number of hydrogen-bond acceptors (Lipinski definition) is 2. The van der Waals surface area contributed by atoms with Gasteiger partial charge in [-0.15, -0.1) is 0 Å². The van der Waals surface area contributed by atoms with Gasteiger partial charge in [0.25, 0.3) is 0 Å². The molecule has 1 heterocycles. The molecule has 0 aromatic carbocycles. The largest absolute Gasteiger partial charge is 0.246 e. The summed E-state index contributed by atoms with van der Waals surface area (Å²) >= 11 is 3.25. The first-order valence-electron chi connectivity index (χ1n) is 5.66. The molecule has 3 atom stereocenters. The Morgan fingerprint density at radius 1 is 1.44 bits per heavy atom. The topological polar surface area (TPSA) is 42.0 Å². The fraction of sp³-hybridized carbons (Fsp3) is 0.583. The number of alkyl halides is 1. The first-order chi connectivity index (χ1) is 8.21. The summed E-state index contributed by atoms with van der Waals surface area (Å²) < 4.78 is 28.7. The summed E-state index contributed by atoms with van der Waals surface area (Å²) in [5, 5.41) is 0. The number of pyridine rings is 1. The summed E-state index contributed by atoms with van der Waals surface area (Å²) in [6, 6.07) is 4.59. The van der Waals surface area contributed by atoms with E-state index in [9.17, 15) is 8.60 Å². The number of hydrogen-bond donors (Lipinski definition) is 1. The molecule has 0 fully saturated rings. The van der Waals surface area contributed by atoms with E-state index >= 15 is 0 Å². The van der Waals surface area contributed by atoms with E-state index < -0.39 is 27.9 Å².